The maximum atomic E-state index is 13.7. The average molecular weight is 507 g/mol. The molecule has 1 N–H and O–H groups in total. The monoisotopic (exact) mass is 506 g/mol. The molecule has 0 spiro atoms. The van der Waals surface area contributed by atoms with E-state index >= 15 is 0 Å². The van der Waals surface area contributed by atoms with Gasteiger partial charge in [-0.25, -0.2) is 0 Å². The lowest BCUT2D eigenvalue weighted by Crippen LogP contribution is -2.28. The summed E-state index contributed by atoms with van der Waals surface area (Å²) in [6.07, 6.45) is 0.578. The van der Waals surface area contributed by atoms with Crippen molar-refractivity contribution in [1.82, 2.24) is 9.47 Å². The van der Waals surface area contributed by atoms with Crippen molar-refractivity contribution in [2.24, 2.45) is 0 Å². The third kappa shape index (κ3) is 4.80. The number of aromatic nitrogens is 1. The van der Waals surface area contributed by atoms with E-state index in [-0.39, 0.29) is 46.5 Å². The number of fused-ring (bicyclic) bond motifs is 3. The minimum atomic E-state index is -0.520. The highest BCUT2D eigenvalue weighted by molar-refractivity contribution is 7.22. The minimum Gasteiger partial charge on any atom is -0.494 e. The van der Waals surface area contributed by atoms with Crippen LogP contribution in [0.15, 0.2) is 59.4 Å². The van der Waals surface area contributed by atoms with Gasteiger partial charge in [-0.1, -0.05) is 48.5 Å². The van der Waals surface area contributed by atoms with Crippen molar-refractivity contribution in [1.29, 1.82) is 0 Å². The third-order valence-corrected chi connectivity index (χ3v) is 7.22. The molecule has 4 rings (SSSR count). The number of thiophene rings is 1. The van der Waals surface area contributed by atoms with Crippen LogP contribution in [0.5, 0.6) is 5.75 Å². The first kappa shape index (κ1) is 25.3. The Kier molecular flexibility index (Phi) is 7.61. The molecule has 8 nitrogen and oxygen atoms in total. The number of aliphatic hydroxyl groups excluding tert-OH is 1. The maximum absolute atomic E-state index is 13.7. The molecule has 36 heavy (non-hydrogen) atoms. The first-order chi connectivity index (χ1) is 17.4. The first-order valence-corrected chi connectivity index (χ1v) is 12.3. The lowest BCUT2D eigenvalue weighted by molar-refractivity contribution is -0.121. The van der Waals surface area contributed by atoms with Gasteiger partial charge >= 0.3 is 0 Å². The van der Waals surface area contributed by atoms with Gasteiger partial charge in [-0.15, -0.1) is 11.3 Å². The molecule has 0 radical (unpaired) electrons. The van der Waals surface area contributed by atoms with Gasteiger partial charge in [-0.3, -0.25) is 23.7 Å². The standard InChI is InChI=1S/C27H26N2O6S/c1-28(14-8-11-18(31)16-30)27(34)25-23(35-2)22-24(36-25)19-12-6-7-13-20(19)29(26(22)33)15-21(32)17-9-4-3-5-10-17/h3-7,9-10,12-13,30H,8,11,14-16H2,1-2H3. The number of methoxy groups -OCH3 is 1. The second kappa shape index (κ2) is 10.8. The fourth-order valence-electron chi connectivity index (χ4n) is 4.16. The highest BCUT2D eigenvalue weighted by Gasteiger charge is 2.27. The van der Waals surface area contributed by atoms with Crippen LogP contribution in [0, 0.1) is 0 Å². The van der Waals surface area contributed by atoms with Gasteiger partial charge in [0.1, 0.15) is 16.9 Å². The lowest BCUT2D eigenvalue weighted by Gasteiger charge is -2.16. The van der Waals surface area contributed by atoms with Crippen molar-refractivity contribution < 1.29 is 24.2 Å². The van der Waals surface area contributed by atoms with Gasteiger partial charge in [0, 0.05) is 31.0 Å². The second-order valence-corrected chi connectivity index (χ2v) is 9.41. The Morgan fingerprint density at radius 2 is 1.75 bits per heavy atom. The van der Waals surface area contributed by atoms with Gasteiger partial charge < -0.3 is 14.7 Å². The fourth-order valence-corrected chi connectivity index (χ4v) is 5.45. The summed E-state index contributed by atoms with van der Waals surface area (Å²) in [7, 11) is 3.02. The number of benzene rings is 2. The Hall–Kier alpha value is -3.82. The molecule has 2 aromatic heterocycles. The summed E-state index contributed by atoms with van der Waals surface area (Å²) in [5.41, 5.74) is 0.692. The molecule has 0 saturated heterocycles. The van der Waals surface area contributed by atoms with Crippen molar-refractivity contribution >= 4 is 49.8 Å². The average Bonchev–Trinajstić information content (AvgIpc) is 3.30. The van der Waals surface area contributed by atoms with Crippen molar-refractivity contribution in [2.75, 3.05) is 27.3 Å². The molecule has 0 unspecified atom stereocenters. The molecule has 0 saturated carbocycles. The number of carbonyl (C=O) groups is 3. The summed E-state index contributed by atoms with van der Waals surface area (Å²) in [4.78, 5) is 53.1. The number of hydrogen-bond donors (Lipinski definition) is 1. The van der Waals surface area contributed by atoms with E-state index in [1.54, 1.807) is 43.4 Å². The lowest BCUT2D eigenvalue weighted by atomic mass is 10.1. The van der Waals surface area contributed by atoms with Gasteiger partial charge in [-0.05, 0) is 12.5 Å². The Morgan fingerprint density at radius 1 is 1.06 bits per heavy atom. The van der Waals surface area contributed by atoms with Crippen molar-refractivity contribution in [3.05, 3.63) is 75.4 Å². The predicted octanol–water partition coefficient (Wildman–Crippen LogP) is 3.52. The summed E-state index contributed by atoms with van der Waals surface area (Å²) in [6, 6.07) is 16.1. The van der Waals surface area contributed by atoms with Crippen LogP contribution in [0.4, 0.5) is 0 Å². The van der Waals surface area contributed by atoms with E-state index in [9.17, 15) is 19.2 Å². The Labute approximate surface area is 211 Å². The molecule has 2 heterocycles. The Morgan fingerprint density at radius 3 is 2.44 bits per heavy atom. The molecule has 2 aromatic carbocycles. The van der Waals surface area contributed by atoms with Crippen LogP contribution >= 0.6 is 11.3 Å². The Balaban J connectivity index is 1.80. The van der Waals surface area contributed by atoms with Gasteiger partial charge in [0.2, 0.25) is 0 Å². The number of amides is 1. The summed E-state index contributed by atoms with van der Waals surface area (Å²) < 4.78 is 7.63. The van der Waals surface area contributed by atoms with Crippen molar-refractivity contribution in [2.45, 2.75) is 19.4 Å². The molecule has 0 fully saturated rings. The van der Waals surface area contributed by atoms with E-state index < -0.39 is 12.2 Å². The highest BCUT2D eigenvalue weighted by atomic mass is 32.1. The molecule has 1 amide bonds. The quantitative estimate of drug-likeness (QED) is 0.330. The van der Waals surface area contributed by atoms with E-state index in [2.05, 4.69) is 0 Å². The SMILES string of the molecule is COc1c(C(=O)N(C)CCCC(=O)CO)sc2c1c(=O)n(CC(=O)c1ccccc1)c1ccccc21. The van der Waals surface area contributed by atoms with E-state index in [0.717, 1.165) is 5.39 Å². The number of Topliss-reactive ketones (excluding diaryl/α,β-unsaturated/α-hetero) is 2. The second-order valence-electron chi connectivity index (χ2n) is 8.39. The number of rotatable bonds is 10. The summed E-state index contributed by atoms with van der Waals surface area (Å²) in [5.74, 6) is -0.646. The first-order valence-electron chi connectivity index (χ1n) is 11.5. The molecular weight excluding hydrogens is 480 g/mol. The van der Waals surface area contributed by atoms with E-state index in [4.69, 9.17) is 9.84 Å². The molecule has 9 heteroatoms. The molecule has 0 atom stereocenters. The van der Waals surface area contributed by atoms with Gasteiger partial charge in [0.25, 0.3) is 11.5 Å². The van der Waals surface area contributed by atoms with Crippen LogP contribution < -0.4 is 10.3 Å². The maximum Gasteiger partial charge on any atom is 0.267 e. The number of ketones is 2. The predicted molar refractivity (Wildman–Crippen MR) is 139 cm³/mol. The number of carbonyl (C=O) groups excluding carboxylic acids is 3. The van der Waals surface area contributed by atoms with Gasteiger partial charge in [0.05, 0.1) is 23.9 Å². The van der Waals surface area contributed by atoms with Gasteiger partial charge in [-0.2, -0.15) is 0 Å². The van der Waals surface area contributed by atoms with Crippen molar-refractivity contribution in [3.8, 4) is 5.75 Å². The largest absolute Gasteiger partial charge is 0.494 e. The van der Waals surface area contributed by atoms with Crippen LogP contribution in [-0.2, 0) is 11.3 Å². The zero-order chi connectivity index (χ0) is 25.8. The molecule has 186 valence electrons. The van der Waals surface area contributed by atoms with Crippen LogP contribution in [0.3, 0.4) is 0 Å². The third-order valence-electron chi connectivity index (χ3n) is 6.03. The van der Waals surface area contributed by atoms with Gasteiger partial charge in [0.15, 0.2) is 17.3 Å². The zero-order valence-electron chi connectivity index (χ0n) is 20.0. The number of aliphatic hydroxyl groups is 1. The van der Waals surface area contributed by atoms with Crippen LogP contribution in [-0.4, -0.2) is 59.4 Å². The molecule has 0 aliphatic heterocycles. The van der Waals surface area contributed by atoms with Crippen molar-refractivity contribution in [3.63, 3.8) is 0 Å². The number of para-hydroxylation sites is 1. The number of pyridine rings is 1. The fraction of sp³-hybridized carbons (Fsp3) is 0.259. The minimum absolute atomic E-state index is 0.152. The summed E-state index contributed by atoms with van der Waals surface area (Å²) >= 11 is 1.18. The van der Waals surface area contributed by atoms with E-state index in [0.29, 0.717) is 28.7 Å². The number of hydrogen-bond acceptors (Lipinski definition) is 7. The molecule has 0 aliphatic rings. The molecule has 4 aromatic rings. The molecule has 0 bridgehead atoms. The van der Waals surface area contributed by atoms with Crippen LogP contribution in [0.25, 0.3) is 21.0 Å². The highest BCUT2D eigenvalue weighted by Crippen LogP contribution is 2.40. The Bertz CT molecular complexity index is 1510. The summed E-state index contributed by atoms with van der Waals surface area (Å²) in [6.45, 7) is -0.368. The van der Waals surface area contributed by atoms with E-state index in [1.165, 1.54) is 27.9 Å². The van der Waals surface area contributed by atoms with E-state index in [1.807, 2.05) is 18.2 Å². The normalized spacial score (nSPS) is 11.1. The topological polar surface area (TPSA) is 106 Å². The smallest absolute Gasteiger partial charge is 0.267 e. The number of nitrogens with zero attached hydrogens (tertiary/aromatic N) is 2. The van der Waals surface area contributed by atoms with Crippen LogP contribution in [0.2, 0.25) is 0 Å². The molecular formula is C27H26N2O6S. The van der Waals surface area contributed by atoms with Crippen LogP contribution in [0.1, 0.15) is 32.9 Å². The zero-order valence-corrected chi connectivity index (χ0v) is 20.8. The summed E-state index contributed by atoms with van der Waals surface area (Å²) in [5, 5.41) is 9.89. The number of ether oxygens (including phenoxy) is 1. The molecule has 0 aliphatic carbocycles.